The number of carboxylic acid groups (broad SMARTS) is 1. The number of amidine groups is 1. The van der Waals surface area contributed by atoms with Crippen LogP contribution in [0.15, 0.2) is 63.8 Å². The molecule has 0 spiro atoms. The number of aliphatic imine (C=N–C) groups is 1. The molecule has 2 aromatic carbocycles. The SMILES string of the molecule is CC(=O)O.O=C1N=C(Nc2cc[c]([Na])cc2)SC1=Cc1csc2ccccc12. The number of nitrogens with zero attached hydrogens (tertiary/aromatic N) is 1. The first-order valence-corrected chi connectivity index (χ1v) is 11.1. The summed E-state index contributed by atoms with van der Waals surface area (Å²) in [6, 6.07) is 16.4. The molecular weight excluding hydrogens is 403 g/mol. The molecule has 2 heterocycles. The Kier molecular flexibility index (Phi) is 7.09. The molecule has 0 bridgehead atoms. The van der Waals surface area contributed by atoms with E-state index in [9.17, 15) is 4.79 Å². The van der Waals surface area contributed by atoms with Crippen molar-refractivity contribution in [3.8, 4) is 0 Å². The Balaban J connectivity index is 0.000000516. The molecule has 1 aromatic heterocycles. The zero-order valence-electron chi connectivity index (χ0n) is 15.3. The van der Waals surface area contributed by atoms with Gasteiger partial charge >= 0.3 is 148 Å². The maximum atomic E-state index is 12.2. The quantitative estimate of drug-likeness (QED) is 0.488. The molecule has 8 heteroatoms. The van der Waals surface area contributed by atoms with E-state index < -0.39 is 5.97 Å². The van der Waals surface area contributed by atoms with Gasteiger partial charge in [-0.25, -0.2) is 0 Å². The molecule has 1 aliphatic heterocycles. The number of carboxylic acids is 1. The van der Waals surface area contributed by atoms with Crippen molar-refractivity contribution in [2.45, 2.75) is 6.92 Å². The Morgan fingerprint density at radius 3 is 2.57 bits per heavy atom. The van der Waals surface area contributed by atoms with Crippen molar-refractivity contribution in [3.05, 3.63) is 64.4 Å². The van der Waals surface area contributed by atoms with Crippen LogP contribution in [0, 0.1) is 0 Å². The Morgan fingerprint density at radius 2 is 1.86 bits per heavy atom. The van der Waals surface area contributed by atoms with E-state index in [0.29, 0.717) is 10.1 Å². The molecule has 0 saturated carbocycles. The number of benzene rings is 2. The fraction of sp³-hybridized carbons (Fsp3) is 0.0500. The van der Waals surface area contributed by atoms with Crippen LogP contribution in [0.25, 0.3) is 16.2 Å². The van der Waals surface area contributed by atoms with Gasteiger partial charge in [-0.15, -0.1) is 0 Å². The zero-order chi connectivity index (χ0) is 20.1. The van der Waals surface area contributed by atoms with Gasteiger partial charge in [0.2, 0.25) is 0 Å². The van der Waals surface area contributed by atoms with E-state index in [1.807, 2.05) is 30.3 Å². The number of rotatable bonds is 2. The standard InChI is InChI=1S/C18H11N2OS2.C2H4O2.Na/c21-17-16(10-12-11-22-15-9-5-4-8-14(12)15)23-18(20-17)19-13-6-2-1-3-7-13;1-2(3)4;/h2-11H,(H,19,20,21);1H3,(H,3,4);. The number of thiophene rings is 1. The first-order chi connectivity index (χ1) is 13.4. The molecule has 5 nitrogen and oxygen atoms in total. The molecule has 1 aliphatic rings. The molecule has 1 amide bonds. The molecule has 0 aliphatic carbocycles. The van der Waals surface area contributed by atoms with Crippen molar-refractivity contribution in [2.24, 2.45) is 4.99 Å². The van der Waals surface area contributed by atoms with Gasteiger partial charge in [0.05, 0.1) is 0 Å². The van der Waals surface area contributed by atoms with Crippen LogP contribution in [0.1, 0.15) is 12.5 Å². The van der Waals surface area contributed by atoms with Gasteiger partial charge in [0.15, 0.2) is 0 Å². The molecule has 2 N–H and O–H groups in total. The second-order valence-electron chi connectivity index (χ2n) is 6.03. The minimum absolute atomic E-state index is 0.183. The normalized spacial score (nSPS) is 14.6. The Hall–Kier alpha value is -1.90. The van der Waals surface area contributed by atoms with Gasteiger partial charge in [-0.1, -0.05) is 12.1 Å². The fourth-order valence-corrected chi connectivity index (χ4v) is 4.55. The number of hydrogen-bond acceptors (Lipinski definition) is 5. The molecule has 28 heavy (non-hydrogen) atoms. The molecule has 4 rings (SSSR count). The van der Waals surface area contributed by atoms with E-state index in [-0.39, 0.29) is 5.91 Å². The van der Waals surface area contributed by atoms with Crippen LogP contribution < -0.4 is 8.13 Å². The third-order valence-electron chi connectivity index (χ3n) is 3.72. The van der Waals surface area contributed by atoms with Crippen molar-refractivity contribution < 1.29 is 14.7 Å². The van der Waals surface area contributed by atoms with Crippen LogP contribution >= 0.6 is 23.1 Å². The zero-order valence-corrected chi connectivity index (χ0v) is 18.9. The fourth-order valence-electron chi connectivity index (χ4n) is 2.47. The summed E-state index contributed by atoms with van der Waals surface area (Å²) >= 11 is 4.11. The number of amides is 1. The third-order valence-corrected chi connectivity index (χ3v) is 6.27. The van der Waals surface area contributed by atoms with Crippen LogP contribution in [0.4, 0.5) is 5.69 Å². The summed E-state index contributed by atoms with van der Waals surface area (Å²) in [4.78, 5) is 26.0. The molecule has 136 valence electrons. The third kappa shape index (κ3) is 5.56. The predicted octanol–water partition coefficient (Wildman–Crippen LogP) is 3.87. The summed E-state index contributed by atoms with van der Waals surface area (Å²) in [7, 11) is 0. The van der Waals surface area contributed by atoms with Crippen molar-refractivity contribution in [1.29, 1.82) is 0 Å². The Labute approximate surface area is 188 Å². The van der Waals surface area contributed by atoms with Gasteiger partial charge in [-0.05, 0) is 6.07 Å². The first-order valence-electron chi connectivity index (χ1n) is 8.44. The summed E-state index contributed by atoms with van der Waals surface area (Å²) < 4.78 is 2.56. The number of anilines is 1. The topological polar surface area (TPSA) is 78.8 Å². The van der Waals surface area contributed by atoms with Crippen molar-refractivity contribution in [3.63, 3.8) is 0 Å². The van der Waals surface area contributed by atoms with Gasteiger partial charge in [-0.3, -0.25) is 4.79 Å². The average Bonchev–Trinajstić information content (AvgIpc) is 3.21. The van der Waals surface area contributed by atoms with Crippen LogP contribution in [0.5, 0.6) is 0 Å². The molecular formula is C20H15N2NaO3S2. The van der Waals surface area contributed by atoms with E-state index in [2.05, 4.69) is 40.0 Å². The van der Waals surface area contributed by atoms with Crippen molar-refractivity contribution >= 4 is 92.7 Å². The van der Waals surface area contributed by atoms with Crippen LogP contribution in [0.2, 0.25) is 0 Å². The number of thioether (sulfide) groups is 1. The Bertz CT molecular complexity index is 1080. The second kappa shape index (κ2) is 9.54. The number of carbonyl (C=O) groups excluding carboxylic acids is 1. The summed E-state index contributed by atoms with van der Waals surface area (Å²) in [5, 5.41) is 14.5. The molecule has 0 saturated heterocycles. The van der Waals surface area contributed by atoms with Crippen molar-refractivity contribution in [1.82, 2.24) is 0 Å². The minimum atomic E-state index is -0.833. The number of hydrogen-bond donors (Lipinski definition) is 2. The number of nitrogens with one attached hydrogen (secondary N) is 1. The summed E-state index contributed by atoms with van der Waals surface area (Å²) in [5.41, 5.74) is 2.03. The molecule has 3 aromatic rings. The Morgan fingerprint density at radius 1 is 1.18 bits per heavy atom. The first kappa shape index (κ1) is 20.8. The molecule has 0 fully saturated rings. The average molecular weight is 418 g/mol. The van der Waals surface area contributed by atoms with Crippen LogP contribution in [-0.2, 0) is 9.59 Å². The van der Waals surface area contributed by atoms with Gasteiger partial charge in [0.25, 0.3) is 5.97 Å². The van der Waals surface area contributed by atoms with E-state index in [4.69, 9.17) is 9.90 Å². The van der Waals surface area contributed by atoms with E-state index >= 15 is 0 Å². The van der Waals surface area contributed by atoms with Crippen LogP contribution in [-0.4, -0.2) is 50.1 Å². The van der Waals surface area contributed by atoms with E-state index in [1.54, 1.807) is 11.3 Å². The van der Waals surface area contributed by atoms with Gasteiger partial charge in [0, 0.05) is 6.92 Å². The number of carbonyl (C=O) groups is 2. The van der Waals surface area contributed by atoms with Gasteiger partial charge in [-0.2, -0.15) is 0 Å². The second-order valence-corrected chi connectivity index (χ2v) is 9.13. The predicted molar refractivity (Wildman–Crippen MR) is 119 cm³/mol. The van der Waals surface area contributed by atoms with E-state index in [0.717, 1.165) is 46.1 Å². The van der Waals surface area contributed by atoms with Gasteiger partial charge < -0.3 is 5.11 Å². The van der Waals surface area contributed by atoms with E-state index in [1.165, 1.54) is 24.7 Å². The molecule has 0 atom stereocenters. The van der Waals surface area contributed by atoms with Crippen LogP contribution in [0.3, 0.4) is 0 Å². The summed E-state index contributed by atoms with van der Waals surface area (Å²) in [6.07, 6.45) is 1.94. The molecule has 0 radical (unpaired) electrons. The van der Waals surface area contributed by atoms with Crippen molar-refractivity contribution in [2.75, 3.05) is 5.32 Å². The monoisotopic (exact) mass is 418 g/mol. The maximum absolute atomic E-state index is 12.2. The summed E-state index contributed by atoms with van der Waals surface area (Å²) in [6.45, 7) is 1.08. The number of fused-ring (bicyclic) bond motifs is 1. The summed E-state index contributed by atoms with van der Waals surface area (Å²) in [5.74, 6) is -1.02. The van der Waals surface area contributed by atoms with Gasteiger partial charge in [0.1, 0.15) is 0 Å². The molecule has 0 unspecified atom stereocenters. The number of aliphatic carboxylic acids is 1.